The lowest BCUT2D eigenvalue weighted by atomic mass is 9.92. The number of halogens is 2. The lowest BCUT2D eigenvalue weighted by Crippen LogP contribution is -2.17. The monoisotopic (exact) mass is 400 g/mol. The summed E-state index contributed by atoms with van der Waals surface area (Å²) in [6.07, 6.45) is 0. The van der Waals surface area contributed by atoms with Gasteiger partial charge in [-0.05, 0) is 53.6 Å². The van der Waals surface area contributed by atoms with Crippen LogP contribution >= 0.6 is 34.2 Å². The third-order valence-corrected chi connectivity index (χ3v) is 4.90. The van der Waals surface area contributed by atoms with Crippen molar-refractivity contribution in [2.24, 2.45) is 0 Å². The van der Waals surface area contributed by atoms with E-state index < -0.39 is 0 Å². The van der Waals surface area contributed by atoms with Crippen molar-refractivity contribution < 1.29 is 0 Å². The van der Waals surface area contributed by atoms with Gasteiger partial charge in [0.25, 0.3) is 0 Å². The molecule has 0 amide bonds. The molecule has 106 valence electrons. The lowest BCUT2D eigenvalue weighted by molar-refractivity contribution is 0.563. The first-order chi connectivity index (χ1) is 9.20. The zero-order valence-electron chi connectivity index (χ0n) is 12.4. The minimum Gasteiger partial charge on any atom is -0.231 e. The molecule has 1 heterocycles. The first-order valence-electron chi connectivity index (χ1n) is 6.51. The summed E-state index contributed by atoms with van der Waals surface area (Å²) in [5.41, 5.74) is 4.44. The number of nitrogens with zero attached hydrogens (tertiary/aromatic N) is 2. The van der Waals surface area contributed by atoms with Gasteiger partial charge in [-0.15, -0.1) is 0 Å². The molecule has 0 atom stereocenters. The third kappa shape index (κ3) is 3.14. The Bertz CT molecular complexity index is 660. The molecule has 2 aromatic rings. The average Bonchev–Trinajstić information content (AvgIpc) is 2.34. The Hall–Kier alpha value is -0.680. The van der Waals surface area contributed by atoms with Gasteiger partial charge in [0.15, 0.2) is 5.82 Å². The number of aryl methyl sites for hydroxylation is 2. The summed E-state index contributed by atoms with van der Waals surface area (Å²) in [4.78, 5) is 9.18. The number of hydrogen-bond acceptors (Lipinski definition) is 2. The predicted molar refractivity (Wildman–Crippen MR) is 93.4 cm³/mol. The van der Waals surface area contributed by atoms with Crippen molar-refractivity contribution in [2.45, 2.75) is 40.0 Å². The fourth-order valence-corrected chi connectivity index (χ4v) is 3.15. The molecule has 0 aliphatic heterocycles. The summed E-state index contributed by atoms with van der Waals surface area (Å²) in [5, 5.41) is 0.527. The quantitative estimate of drug-likeness (QED) is 0.478. The Morgan fingerprint density at radius 2 is 1.70 bits per heavy atom. The summed E-state index contributed by atoms with van der Waals surface area (Å²) in [6, 6.07) is 6.25. The number of rotatable bonds is 1. The van der Waals surface area contributed by atoms with E-state index in [0.29, 0.717) is 11.0 Å². The molecule has 0 N–H and O–H groups in total. The van der Waals surface area contributed by atoms with Crippen LogP contribution in [0.5, 0.6) is 0 Å². The standard InChI is InChI=1S/C16H18ClIN2/c1-9-6-7-11(8-10(9)2)15-19-13(16(3,4)5)12(18)14(17)20-15/h6-8H,1-5H3. The second kappa shape index (κ2) is 5.60. The molecule has 2 nitrogen and oxygen atoms in total. The lowest BCUT2D eigenvalue weighted by Gasteiger charge is -2.20. The minimum atomic E-state index is -0.0579. The maximum absolute atomic E-state index is 6.29. The Labute approximate surface area is 139 Å². The van der Waals surface area contributed by atoms with Crippen LogP contribution in [0.1, 0.15) is 37.6 Å². The van der Waals surface area contributed by atoms with E-state index in [9.17, 15) is 0 Å². The highest BCUT2D eigenvalue weighted by molar-refractivity contribution is 14.1. The predicted octanol–water partition coefficient (Wildman–Crippen LogP) is 5.32. The van der Waals surface area contributed by atoms with Crippen LogP contribution in [0, 0.1) is 17.4 Å². The van der Waals surface area contributed by atoms with Crippen molar-refractivity contribution in [2.75, 3.05) is 0 Å². The highest BCUT2D eigenvalue weighted by Gasteiger charge is 2.23. The van der Waals surface area contributed by atoms with Crippen molar-refractivity contribution in [1.29, 1.82) is 0 Å². The molecule has 0 spiro atoms. The van der Waals surface area contributed by atoms with Gasteiger partial charge in [-0.1, -0.05) is 44.5 Å². The topological polar surface area (TPSA) is 25.8 Å². The van der Waals surface area contributed by atoms with Gasteiger partial charge in [0.1, 0.15) is 5.15 Å². The van der Waals surface area contributed by atoms with E-state index in [1.54, 1.807) is 0 Å². The summed E-state index contributed by atoms with van der Waals surface area (Å²) >= 11 is 8.51. The molecule has 20 heavy (non-hydrogen) atoms. The van der Waals surface area contributed by atoms with Gasteiger partial charge in [0.2, 0.25) is 0 Å². The van der Waals surface area contributed by atoms with E-state index in [4.69, 9.17) is 16.6 Å². The molecule has 0 aliphatic carbocycles. The Morgan fingerprint density at radius 3 is 2.25 bits per heavy atom. The van der Waals surface area contributed by atoms with E-state index in [-0.39, 0.29) is 5.41 Å². The van der Waals surface area contributed by atoms with Crippen molar-refractivity contribution in [3.05, 3.63) is 43.7 Å². The molecule has 1 aromatic heterocycles. The second-order valence-corrected chi connectivity index (χ2v) is 7.49. The maximum Gasteiger partial charge on any atom is 0.161 e. The normalized spacial score (nSPS) is 11.8. The first kappa shape index (κ1) is 15.7. The SMILES string of the molecule is Cc1ccc(-c2nc(Cl)c(I)c(C(C)(C)C)n2)cc1C. The molecule has 0 fully saturated rings. The molecule has 4 heteroatoms. The Balaban J connectivity index is 2.63. The van der Waals surface area contributed by atoms with Crippen LogP contribution in [0.2, 0.25) is 5.15 Å². The van der Waals surface area contributed by atoms with Crippen LogP contribution in [0.25, 0.3) is 11.4 Å². The smallest absolute Gasteiger partial charge is 0.161 e. The van der Waals surface area contributed by atoms with Gasteiger partial charge in [0.05, 0.1) is 9.26 Å². The molecule has 0 bridgehead atoms. The molecule has 0 aliphatic rings. The van der Waals surface area contributed by atoms with Crippen LogP contribution in [-0.2, 0) is 5.41 Å². The molecule has 2 rings (SSSR count). The fraction of sp³-hybridized carbons (Fsp3) is 0.375. The molecule has 0 saturated carbocycles. The van der Waals surface area contributed by atoms with E-state index in [0.717, 1.165) is 14.8 Å². The van der Waals surface area contributed by atoms with Crippen molar-refractivity contribution in [3.8, 4) is 11.4 Å². The van der Waals surface area contributed by atoms with Gasteiger partial charge in [-0.2, -0.15) is 0 Å². The summed E-state index contributed by atoms with van der Waals surface area (Å²) < 4.78 is 0.935. The zero-order chi connectivity index (χ0) is 15.1. The van der Waals surface area contributed by atoms with Gasteiger partial charge >= 0.3 is 0 Å². The van der Waals surface area contributed by atoms with Crippen LogP contribution in [0.3, 0.4) is 0 Å². The van der Waals surface area contributed by atoms with E-state index in [2.05, 4.69) is 74.3 Å². The average molecular weight is 401 g/mol. The minimum absolute atomic E-state index is 0.0579. The van der Waals surface area contributed by atoms with Gasteiger partial charge in [-0.25, -0.2) is 9.97 Å². The van der Waals surface area contributed by atoms with E-state index in [1.165, 1.54) is 11.1 Å². The van der Waals surface area contributed by atoms with Gasteiger partial charge in [-0.3, -0.25) is 0 Å². The molecular formula is C16H18ClIN2. The summed E-state index contributed by atoms with van der Waals surface area (Å²) in [5.74, 6) is 0.698. The first-order valence-corrected chi connectivity index (χ1v) is 7.97. The molecule has 0 radical (unpaired) electrons. The van der Waals surface area contributed by atoms with Gasteiger partial charge < -0.3 is 0 Å². The number of hydrogen-bond donors (Lipinski definition) is 0. The largest absolute Gasteiger partial charge is 0.231 e. The van der Waals surface area contributed by atoms with Crippen LogP contribution in [-0.4, -0.2) is 9.97 Å². The molecule has 0 unspecified atom stereocenters. The van der Waals surface area contributed by atoms with E-state index in [1.807, 2.05) is 6.07 Å². The molecular weight excluding hydrogens is 383 g/mol. The highest BCUT2D eigenvalue weighted by atomic mass is 127. The second-order valence-electron chi connectivity index (χ2n) is 6.05. The number of benzene rings is 1. The number of aromatic nitrogens is 2. The molecule has 0 saturated heterocycles. The van der Waals surface area contributed by atoms with Crippen LogP contribution in [0.4, 0.5) is 0 Å². The molecule has 1 aromatic carbocycles. The van der Waals surface area contributed by atoms with Crippen LogP contribution in [0.15, 0.2) is 18.2 Å². The summed E-state index contributed by atoms with van der Waals surface area (Å²) in [6.45, 7) is 10.6. The van der Waals surface area contributed by atoms with Crippen LogP contribution < -0.4 is 0 Å². The Kier molecular flexibility index (Phi) is 4.40. The van der Waals surface area contributed by atoms with Crippen molar-refractivity contribution in [3.63, 3.8) is 0 Å². The zero-order valence-corrected chi connectivity index (χ0v) is 15.3. The Morgan fingerprint density at radius 1 is 1.05 bits per heavy atom. The highest BCUT2D eigenvalue weighted by Crippen LogP contribution is 2.31. The van der Waals surface area contributed by atoms with Crippen molar-refractivity contribution in [1.82, 2.24) is 9.97 Å². The van der Waals surface area contributed by atoms with E-state index >= 15 is 0 Å². The van der Waals surface area contributed by atoms with Gasteiger partial charge in [0, 0.05) is 11.0 Å². The fourth-order valence-electron chi connectivity index (χ4n) is 1.93. The van der Waals surface area contributed by atoms with Crippen molar-refractivity contribution >= 4 is 34.2 Å². The third-order valence-electron chi connectivity index (χ3n) is 3.29. The summed E-state index contributed by atoms with van der Waals surface area (Å²) in [7, 11) is 0. The maximum atomic E-state index is 6.29.